The Balaban J connectivity index is 1.93. The number of nitrogens with zero attached hydrogens (tertiary/aromatic N) is 1. The molecule has 0 N–H and O–H groups in total. The highest BCUT2D eigenvalue weighted by atomic mass is 16.5. The van der Waals surface area contributed by atoms with E-state index in [1.807, 2.05) is 18.9 Å². The molecule has 112 valence electrons. The molecule has 2 saturated heterocycles. The number of hydrogen-bond acceptors (Lipinski definition) is 3. The number of allylic oxidation sites excluding steroid dienone is 2. The summed E-state index contributed by atoms with van der Waals surface area (Å²) in [5.41, 5.74) is 0.529. The van der Waals surface area contributed by atoms with Gasteiger partial charge in [-0.2, -0.15) is 0 Å². The van der Waals surface area contributed by atoms with Crippen LogP contribution in [0, 0.1) is 11.3 Å². The predicted octanol–water partition coefficient (Wildman–Crippen LogP) is 2.34. The minimum atomic E-state index is -0.298. The number of carbonyl (C=O) groups excluding carboxylic acids is 1. The third-order valence-electron chi connectivity index (χ3n) is 5.50. The molecule has 0 aromatic carbocycles. The van der Waals surface area contributed by atoms with Gasteiger partial charge in [-0.1, -0.05) is 13.0 Å². The Bertz CT molecular complexity index is 433. The molecular weight excluding hydrogens is 254 g/mol. The fourth-order valence-corrected chi connectivity index (χ4v) is 4.14. The van der Waals surface area contributed by atoms with Crippen molar-refractivity contribution in [3.05, 3.63) is 11.8 Å². The second kappa shape index (κ2) is 4.85. The molecule has 1 amide bonds. The molecule has 3 unspecified atom stereocenters. The van der Waals surface area contributed by atoms with Crippen LogP contribution in [0.15, 0.2) is 11.8 Å². The minimum absolute atomic E-state index is 0.236. The Morgan fingerprint density at radius 1 is 1.35 bits per heavy atom. The minimum Gasteiger partial charge on any atom is -0.378 e. The van der Waals surface area contributed by atoms with Gasteiger partial charge in [0.05, 0.1) is 17.6 Å². The summed E-state index contributed by atoms with van der Waals surface area (Å²) in [6, 6.07) is 0. The summed E-state index contributed by atoms with van der Waals surface area (Å²) in [6.45, 7) is 6.32. The molecule has 4 nitrogen and oxygen atoms in total. The highest BCUT2D eigenvalue weighted by Gasteiger charge is 2.55. The van der Waals surface area contributed by atoms with E-state index in [1.54, 1.807) is 0 Å². The van der Waals surface area contributed by atoms with Crippen molar-refractivity contribution in [1.82, 2.24) is 4.90 Å². The first-order valence-electron chi connectivity index (χ1n) is 7.67. The lowest BCUT2D eigenvalue weighted by Gasteiger charge is -2.52. The zero-order valence-corrected chi connectivity index (χ0v) is 12.8. The van der Waals surface area contributed by atoms with Gasteiger partial charge in [0.15, 0.2) is 0 Å². The van der Waals surface area contributed by atoms with Gasteiger partial charge >= 0.3 is 0 Å². The van der Waals surface area contributed by atoms with Crippen molar-refractivity contribution in [1.29, 1.82) is 0 Å². The van der Waals surface area contributed by atoms with Gasteiger partial charge in [0.1, 0.15) is 0 Å². The molecule has 0 radical (unpaired) electrons. The van der Waals surface area contributed by atoms with E-state index in [9.17, 15) is 4.79 Å². The number of amides is 1. The molecule has 0 bridgehead atoms. The van der Waals surface area contributed by atoms with Gasteiger partial charge in [-0.15, -0.1) is 0 Å². The number of carbonyl (C=O) groups is 1. The Morgan fingerprint density at radius 3 is 2.85 bits per heavy atom. The summed E-state index contributed by atoms with van der Waals surface area (Å²) < 4.78 is 11.7. The molecule has 4 heteroatoms. The van der Waals surface area contributed by atoms with Crippen molar-refractivity contribution in [2.24, 2.45) is 11.3 Å². The maximum absolute atomic E-state index is 12.9. The highest BCUT2D eigenvalue weighted by molar-refractivity contribution is 5.86. The van der Waals surface area contributed by atoms with E-state index in [-0.39, 0.29) is 22.8 Å². The first kappa shape index (κ1) is 14.1. The van der Waals surface area contributed by atoms with Gasteiger partial charge in [-0.3, -0.25) is 4.79 Å². The molecule has 0 saturated carbocycles. The average Bonchev–Trinajstić information content (AvgIpc) is 2.45. The van der Waals surface area contributed by atoms with Crippen LogP contribution in [-0.4, -0.2) is 43.3 Å². The van der Waals surface area contributed by atoms with Crippen molar-refractivity contribution in [3.63, 3.8) is 0 Å². The third kappa shape index (κ3) is 2.01. The van der Waals surface area contributed by atoms with E-state index in [2.05, 4.69) is 13.0 Å². The lowest BCUT2D eigenvalue weighted by atomic mass is 9.62. The highest BCUT2D eigenvalue weighted by Crippen LogP contribution is 2.50. The average molecular weight is 279 g/mol. The molecule has 3 aliphatic rings. The molecule has 2 fully saturated rings. The summed E-state index contributed by atoms with van der Waals surface area (Å²) in [5.74, 6) is 0.534. The summed E-state index contributed by atoms with van der Waals surface area (Å²) in [7, 11) is 1.89. The molecule has 3 atom stereocenters. The number of rotatable bonds is 0. The zero-order chi connectivity index (χ0) is 14.4. The van der Waals surface area contributed by atoms with E-state index in [1.165, 1.54) is 0 Å². The fourth-order valence-electron chi connectivity index (χ4n) is 4.14. The fraction of sp³-hybridized carbons (Fsp3) is 0.812. The summed E-state index contributed by atoms with van der Waals surface area (Å²) in [4.78, 5) is 14.8. The van der Waals surface area contributed by atoms with Crippen molar-refractivity contribution < 1.29 is 14.3 Å². The van der Waals surface area contributed by atoms with Crippen LogP contribution in [0.1, 0.15) is 39.5 Å². The first-order valence-corrected chi connectivity index (χ1v) is 7.67. The normalized spacial score (nSPS) is 42.1. The Labute approximate surface area is 121 Å². The van der Waals surface area contributed by atoms with Gasteiger partial charge in [-0.05, 0) is 38.5 Å². The lowest BCUT2D eigenvalue weighted by Crippen LogP contribution is -2.58. The quantitative estimate of drug-likeness (QED) is 0.683. The Kier molecular flexibility index (Phi) is 3.41. The second-order valence-electron chi connectivity index (χ2n) is 6.73. The monoisotopic (exact) mass is 279 g/mol. The zero-order valence-electron chi connectivity index (χ0n) is 12.8. The Hall–Kier alpha value is -0.870. The molecule has 0 aromatic rings. The lowest BCUT2D eigenvalue weighted by molar-refractivity contribution is -0.196. The maximum atomic E-state index is 12.9. The van der Waals surface area contributed by atoms with Crippen LogP contribution in [0.2, 0.25) is 0 Å². The van der Waals surface area contributed by atoms with Gasteiger partial charge in [-0.25, -0.2) is 0 Å². The van der Waals surface area contributed by atoms with Gasteiger partial charge in [0.2, 0.25) is 5.91 Å². The van der Waals surface area contributed by atoms with Crippen LogP contribution in [-0.2, 0) is 14.3 Å². The summed E-state index contributed by atoms with van der Waals surface area (Å²) in [5, 5.41) is 0. The molecule has 0 aromatic heterocycles. The van der Waals surface area contributed by atoms with Crippen LogP contribution in [0.25, 0.3) is 0 Å². The number of ether oxygens (including phenoxy) is 2. The Morgan fingerprint density at radius 2 is 2.15 bits per heavy atom. The van der Waals surface area contributed by atoms with Crippen LogP contribution >= 0.6 is 0 Å². The van der Waals surface area contributed by atoms with Crippen LogP contribution in [0.5, 0.6) is 0 Å². The topological polar surface area (TPSA) is 38.8 Å². The van der Waals surface area contributed by atoms with Crippen molar-refractivity contribution in [3.8, 4) is 0 Å². The molecule has 3 heterocycles. The van der Waals surface area contributed by atoms with E-state index in [0.717, 1.165) is 38.0 Å². The van der Waals surface area contributed by atoms with Crippen molar-refractivity contribution >= 4 is 5.91 Å². The third-order valence-corrected chi connectivity index (χ3v) is 5.50. The van der Waals surface area contributed by atoms with Gasteiger partial charge in [0, 0.05) is 26.0 Å². The predicted molar refractivity (Wildman–Crippen MR) is 76.1 cm³/mol. The SMILES string of the molecule is CC1=CC(C)C2(CCOC3(CCCOC3)C2)C(=O)N1C. The smallest absolute Gasteiger partial charge is 0.233 e. The first-order chi connectivity index (χ1) is 9.49. The van der Waals surface area contributed by atoms with Crippen LogP contribution < -0.4 is 0 Å². The van der Waals surface area contributed by atoms with Gasteiger partial charge in [0.25, 0.3) is 0 Å². The second-order valence-corrected chi connectivity index (χ2v) is 6.73. The molecular formula is C16H25NO3. The molecule has 3 rings (SSSR count). The van der Waals surface area contributed by atoms with Crippen LogP contribution in [0.4, 0.5) is 0 Å². The number of hydrogen-bond donors (Lipinski definition) is 0. The maximum Gasteiger partial charge on any atom is 0.233 e. The molecule has 20 heavy (non-hydrogen) atoms. The van der Waals surface area contributed by atoms with E-state index < -0.39 is 0 Å². The van der Waals surface area contributed by atoms with Crippen molar-refractivity contribution in [2.75, 3.05) is 26.9 Å². The van der Waals surface area contributed by atoms with Crippen LogP contribution in [0.3, 0.4) is 0 Å². The largest absolute Gasteiger partial charge is 0.378 e. The molecule has 3 aliphatic heterocycles. The summed E-state index contributed by atoms with van der Waals surface area (Å²) >= 11 is 0. The summed E-state index contributed by atoms with van der Waals surface area (Å²) in [6.07, 6.45) is 5.91. The molecule has 0 aliphatic carbocycles. The molecule has 2 spiro atoms. The van der Waals surface area contributed by atoms with E-state index in [4.69, 9.17) is 9.47 Å². The van der Waals surface area contributed by atoms with E-state index >= 15 is 0 Å². The van der Waals surface area contributed by atoms with Crippen molar-refractivity contribution in [2.45, 2.75) is 45.1 Å². The van der Waals surface area contributed by atoms with E-state index in [0.29, 0.717) is 13.2 Å². The standard InChI is InChI=1S/C16H25NO3/c1-12-9-13(2)17(3)14(18)16(12)6-8-20-15(10-16)5-4-7-19-11-15/h9,12H,4-8,10-11H2,1-3H3. The van der Waals surface area contributed by atoms with Gasteiger partial charge < -0.3 is 14.4 Å².